The molecule has 6 nitrogen and oxygen atoms in total. The molecule has 0 saturated carbocycles. The van der Waals surface area contributed by atoms with Crippen molar-refractivity contribution in [2.75, 3.05) is 33.0 Å². The fourth-order valence-corrected chi connectivity index (χ4v) is 3.51. The molecular weight excluding hydrogens is 352 g/mol. The van der Waals surface area contributed by atoms with Crippen molar-refractivity contribution in [3.05, 3.63) is 47.8 Å². The molecule has 1 aromatic carbocycles. The van der Waals surface area contributed by atoms with Crippen LogP contribution < -0.4 is 4.74 Å². The van der Waals surface area contributed by atoms with Crippen molar-refractivity contribution in [1.29, 1.82) is 0 Å². The molecule has 3 aliphatic heterocycles. The Morgan fingerprint density at radius 1 is 1.07 bits per heavy atom. The van der Waals surface area contributed by atoms with Crippen molar-refractivity contribution in [1.82, 2.24) is 9.80 Å². The molecule has 0 aliphatic carbocycles. The van der Waals surface area contributed by atoms with Gasteiger partial charge in [0.15, 0.2) is 11.7 Å². The summed E-state index contributed by atoms with van der Waals surface area (Å²) in [4.78, 5) is 13.9. The number of benzene rings is 1. The summed E-state index contributed by atoms with van der Waals surface area (Å²) in [6.45, 7) is 8.65. The number of likely N-dealkylation sites (N-methyl/N-ethyl adjacent to an activating group) is 1. The van der Waals surface area contributed by atoms with Crippen LogP contribution in [0.1, 0.15) is 32.3 Å². The molecule has 6 heteroatoms. The highest BCUT2D eigenvalue weighted by Crippen LogP contribution is 2.22. The van der Waals surface area contributed by atoms with Crippen LogP contribution in [-0.4, -0.2) is 60.5 Å². The molecule has 0 spiro atoms. The molecule has 3 heterocycles. The van der Waals surface area contributed by atoms with Gasteiger partial charge in [-0.3, -0.25) is 0 Å². The molecule has 28 heavy (non-hydrogen) atoms. The lowest BCUT2D eigenvalue weighted by Gasteiger charge is -2.33. The third kappa shape index (κ3) is 4.28. The van der Waals surface area contributed by atoms with E-state index in [9.17, 15) is 0 Å². The quantitative estimate of drug-likeness (QED) is 0.758. The summed E-state index contributed by atoms with van der Waals surface area (Å²) in [6, 6.07) is 8.18. The van der Waals surface area contributed by atoms with Crippen LogP contribution in [-0.2, 0) is 4.74 Å². The summed E-state index contributed by atoms with van der Waals surface area (Å²) in [7, 11) is 0. The molecule has 0 unspecified atom stereocenters. The van der Waals surface area contributed by atoms with E-state index in [4.69, 9.17) is 14.5 Å². The number of amidine groups is 2. The number of rotatable bonds is 6. The molecule has 0 radical (unpaired) electrons. The molecular formula is C22H28N4O2. The molecule has 0 N–H and O–H groups in total. The fraction of sp³-hybridized carbons (Fsp3) is 0.455. The summed E-state index contributed by atoms with van der Waals surface area (Å²) in [5, 5.41) is 0. The molecule has 0 atom stereocenters. The minimum Gasteiger partial charge on any atom is -0.490 e. The van der Waals surface area contributed by atoms with Crippen LogP contribution >= 0.6 is 0 Å². The standard InChI is InChI=1S/C22H28N4O2/c1-3-25-15-20-22(26(4-2)16-25)24-21(23-20)10-7-17-5-8-18(9-6-17)28-19-11-13-27-14-12-19/h5-10,15,19H,3-4,11-14,16H2,1-2H3/b10-7+. The van der Waals surface area contributed by atoms with Crippen molar-refractivity contribution >= 4 is 17.7 Å². The molecule has 4 rings (SSSR count). The van der Waals surface area contributed by atoms with Gasteiger partial charge in [-0.2, -0.15) is 0 Å². The van der Waals surface area contributed by atoms with Crippen molar-refractivity contribution in [3.63, 3.8) is 0 Å². The summed E-state index contributed by atoms with van der Waals surface area (Å²) >= 11 is 0. The first-order valence-electron chi connectivity index (χ1n) is 10.2. The highest BCUT2D eigenvalue weighted by Gasteiger charge is 2.26. The smallest absolute Gasteiger partial charge is 0.160 e. The fourth-order valence-electron chi connectivity index (χ4n) is 3.51. The zero-order chi connectivity index (χ0) is 19.3. The van der Waals surface area contributed by atoms with E-state index in [1.807, 2.05) is 24.3 Å². The lowest BCUT2D eigenvalue weighted by molar-refractivity contribution is 0.0256. The topological polar surface area (TPSA) is 49.7 Å². The molecule has 0 bridgehead atoms. The van der Waals surface area contributed by atoms with Crippen molar-refractivity contribution in [2.24, 2.45) is 9.98 Å². The van der Waals surface area contributed by atoms with E-state index in [0.29, 0.717) is 0 Å². The Hall–Kier alpha value is -2.60. The first kappa shape index (κ1) is 18.7. The third-order valence-electron chi connectivity index (χ3n) is 5.21. The second-order valence-electron chi connectivity index (χ2n) is 7.15. The molecule has 1 aromatic rings. The van der Waals surface area contributed by atoms with Gasteiger partial charge in [-0.1, -0.05) is 18.2 Å². The number of fused-ring (bicyclic) bond motifs is 1. The van der Waals surface area contributed by atoms with E-state index in [1.54, 1.807) is 0 Å². The number of hydrogen-bond acceptors (Lipinski definition) is 6. The number of aliphatic imine (C=N–C) groups is 2. The Labute approximate surface area is 166 Å². The minimum atomic E-state index is 0.264. The molecule has 3 aliphatic rings. The van der Waals surface area contributed by atoms with Gasteiger partial charge < -0.3 is 19.3 Å². The van der Waals surface area contributed by atoms with Gasteiger partial charge in [0.1, 0.15) is 17.6 Å². The summed E-state index contributed by atoms with van der Waals surface area (Å²) < 4.78 is 11.4. The number of nitrogens with zero attached hydrogens (tertiary/aromatic N) is 4. The van der Waals surface area contributed by atoms with Crippen LogP contribution in [0.2, 0.25) is 0 Å². The predicted octanol–water partition coefficient (Wildman–Crippen LogP) is 3.52. The Morgan fingerprint density at radius 3 is 2.57 bits per heavy atom. The molecule has 1 saturated heterocycles. The zero-order valence-electron chi connectivity index (χ0n) is 16.7. The average Bonchev–Trinajstić information content (AvgIpc) is 3.16. The highest BCUT2D eigenvalue weighted by molar-refractivity contribution is 6.16. The number of hydrogen-bond donors (Lipinski definition) is 0. The molecule has 0 aromatic heterocycles. The van der Waals surface area contributed by atoms with E-state index >= 15 is 0 Å². The molecule has 0 amide bonds. The van der Waals surface area contributed by atoms with E-state index in [-0.39, 0.29) is 6.10 Å². The second kappa shape index (κ2) is 8.61. The van der Waals surface area contributed by atoms with Crippen molar-refractivity contribution < 1.29 is 9.47 Å². The third-order valence-corrected chi connectivity index (χ3v) is 5.21. The predicted molar refractivity (Wildman–Crippen MR) is 113 cm³/mol. The SMILES string of the molecule is CCN1C=C2N=C(/C=C/c3ccc(OC4CCOCC4)cc3)N=C2N(CC)C1. The summed E-state index contributed by atoms with van der Waals surface area (Å²) in [6.07, 6.45) is 8.31. The van der Waals surface area contributed by atoms with Crippen LogP contribution in [0.15, 0.2) is 52.2 Å². The van der Waals surface area contributed by atoms with Gasteiger partial charge in [0, 0.05) is 32.1 Å². The maximum atomic E-state index is 6.03. The lowest BCUT2D eigenvalue weighted by Crippen LogP contribution is -2.43. The number of ether oxygens (including phenoxy) is 2. The zero-order valence-corrected chi connectivity index (χ0v) is 16.7. The first-order chi connectivity index (χ1) is 13.7. The van der Waals surface area contributed by atoms with Crippen LogP contribution in [0.25, 0.3) is 6.08 Å². The van der Waals surface area contributed by atoms with E-state index < -0.39 is 0 Å². The highest BCUT2D eigenvalue weighted by atomic mass is 16.5. The van der Waals surface area contributed by atoms with Crippen LogP contribution in [0.5, 0.6) is 5.75 Å². The average molecular weight is 380 g/mol. The normalized spacial score (nSPS) is 20.1. The van der Waals surface area contributed by atoms with Gasteiger partial charge in [-0.05, 0) is 37.6 Å². The van der Waals surface area contributed by atoms with Crippen LogP contribution in [0.4, 0.5) is 0 Å². The maximum Gasteiger partial charge on any atom is 0.160 e. The van der Waals surface area contributed by atoms with E-state index in [2.05, 4.69) is 47.0 Å². The Bertz CT molecular complexity index is 804. The van der Waals surface area contributed by atoms with E-state index in [1.165, 1.54) is 0 Å². The van der Waals surface area contributed by atoms with Crippen molar-refractivity contribution in [3.8, 4) is 5.75 Å². The monoisotopic (exact) mass is 380 g/mol. The summed E-state index contributed by atoms with van der Waals surface area (Å²) in [5.74, 6) is 2.64. The van der Waals surface area contributed by atoms with Gasteiger partial charge in [-0.25, -0.2) is 9.98 Å². The Morgan fingerprint density at radius 2 is 1.86 bits per heavy atom. The van der Waals surface area contributed by atoms with Gasteiger partial charge in [0.25, 0.3) is 0 Å². The van der Waals surface area contributed by atoms with Gasteiger partial charge in [0.05, 0.1) is 19.9 Å². The molecule has 1 fully saturated rings. The Balaban J connectivity index is 1.41. The minimum absolute atomic E-state index is 0.264. The van der Waals surface area contributed by atoms with E-state index in [0.717, 1.165) is 74.5 Å². The largest absolute Gasteiger partial charge is 0.490 e. The summed E-state index contributed by atoms with van der Waals surface area (Å²) in [5.41, 5.74) is 2.06. The maximum absolute atomic E-state index is 6.03. The van der Waals surface area contributed by atoms with Gasteiger partial charge >= 0.3 is 0 Å². The van der Waals surface area contributed by atoms with Gasteiger partial charge in [0.2, 0.25) is 0 Å². The van der Waals surface area contributed by atoms with Gasteiger partial charge in [-0.15, -0.1) is 0 Å². The Kier molecular flexibility index (Phi) is 5.76. The second-order valence-corrected chi connectivity index (χ2v) is 7.15. The van der Waals surface area contributed by atoms with Crippen LogP contribution in [0, 0.1) is 0 Å². The first-order valence-corrected chi connectivity index (χ1v) is 10.2. The lowest BCUT2D eigenvalue weighted by atomic mass is 10.1. The van der Waals surface area contributed by atoms with Crippen LogP contribution in [0.3, 0.4) is 0 Å². The molecule has 148 valence electrons. The van der Waals surface area contributed by atoms with Crippen molar-refractivity contribution in [2.45, 2.75) is 32.8 Å².